The standard InChI is InChI=1S/C21H23FN4O/c1-15(2)11-20-19(13-26(24-20)18-6-4-5-16(22)12-18)21(27)14-25(3)17-7-9-23-10-8-17/h4-10,12-13,15H,11,14H2,1-3H3. The fraction of sp³-hybridized carbons (Fsp3) is 0.286. The smallest absolute Gasteiger partial charge is 0.185 e. The van der Waals surface area contributed by atoms with Crippen LogP contribution in [0.5, 0.6) is 0 Å². The molecule has 1 aromatic carbocycles. The normalized spacial score (nSPS) is 11.0. The zero-order valence-corrected chi connectivity index (χ0v) is 15.8. The Morgan fingerprint density at radius 3 is 2.63 bits per heavy atom. The van der Waals surface area contributed by atoms with Crippen LogP contribution in [0.2, 0.25) is 0 Å². The second-order valence-electron chi connectivity index (χ2n) is 7.00. The number of halogens is 1. The van der Waals surface area contributed by atoms with Gasteiger partial charge in [-0.25, -0.2) is 9.07 Å². The van der Waals surface area contributed by atoms with E-state index >= 15 is 0 Å². The van der Waals surface area contributed by atoms with Gasteiger partial charge in [0.15, 0.2) is 5.78 Å². The molecule has 0 atom stereocenters. The summed E-state index contributed by atoms with van der Waals surface area (Å²) in [6.07, 6.45) is 5.78. The zero-order chi connectivity index (χ0) is 19.4. The highest BCUT2D eigenvalue weighted by atomic mass is 19.1. The molecule has 0 radical (unpaired) electrons. The molecule has 0 fully saturated rings. The Kier molecular flexibility index (Phi) is 5.64. The van der Waals surface area contributed by atoms with E-state index in [4.69, 9.17) is 0 Å². The molecule has 140 valence electrons. The van der Waals surface area contributed by atoms with Gasteiger partial charge in [-0.15, -0.1) is 0 Å². The summed E-state index contributed by atoms with van der Waals surface area (Å²) in [6.45, 7) is 4.39. The zero-order valence-electron chi connectivity index (χ0n) is 15.8. The predicted octanol–water partition coefficient (Wildman–Crippen LogP) is 3.92. The number of ketones is 1. The lowest BCUT2D eigenvalue weighted by molar-refractivity contribution is 0.0999. The third-order valence-electron chi connectivity index (χ3n) is 4.25. The molecule has 0 saturated heterocycles. The van der Waals surface area contributed by atoms with Crippen molar-refractivity contribution in [1.29, 1.82) is 0 Å². The minimum absolute atomic E-state index is 0.0207. The summed E-state index contributed by atoms with van der Waals surface area (Å²) in [7, 11) is 1.87. The van der Waals surface area contributed by atoms with Crippen LogP contribution in [0.3, 0.4) is 0 Å². The van der Waals surface area contributed by atoms with Crippen molar-refractivity contribution in [3.05, 3.63) is 72.1 Å². The Balaban J connectivity index is 1.89. The van der Waals surface area contributed by atoms with Crippen LogP contribution in [0.1, 0.15) is 29.9 Å². The van der Waals surface area contributed by atoms with Gasteiger partial charge in [0, 0.05) is 31.3 Å². The van der Waals surface area contributed by atoms with E-state index in [1.54, 1.807) is 35.4 Å². The highest BCUT2D eigenvalue weighted by molar-refractivity contribution is 6.00. The number of rotatable bonds is 7. The lowest BCUT2D eigenvalue weighted by atomic mass is 10.0. The quantitative estimate of drug-likeness (QED) is 0.595. The van der Waals surface area contributed by atoms with Crippen molar-refractivity contribution < 1.29 is 9.18 Å². The lowest BCUT2D eigenvalue weighted by Gasteiger charge is -2.18. The number of benzene rings is 1. The summed E-state index contributed by atoms with van der Waals surface area (Å²) < 4.78 is 15.2. The molecule has 0 amide bonds. The summed E-state index contributed by atoms with van der Waals surface area (Å²) in [5.41, 5.74) is 2.83. The van der Waals surface area contributed by atoms with Crippen molar-refractivity contribution in [3.8, 4) is 5.69 Å². The summed E-state index contributed by atoms with van der Waals surface area (Å²) in [5, 5.41) is 4.56. The second-order valence-corrected chi connectivity index (χ2v) is 7.00. The topological polar surface area (TPSA) is 51.0 Å². The molecule has 27 heavy (non-hydrogen) atoms. The number of carbonyl (C=O) groups is 1. The van der Waals surface area contributed by atoms with Crippen LogP contribution in [-0.4, -0.2) is 34.1 Å². The summed E-state index contributed by atoms with van der Waals surface area (Å²) in [4.78, 5) is 18.8. The van der Waals surface area contributed by atoms with Crippen molar-refractivity contribution in [2.45, 2.75) is 20.3 Å². The van der Waals surface area contributed by atoms with Gasteiger partial charge in [0.1, 0.15) is 5.82 Å². The average molecular weight is 366 g/mol. The van der Waals surface area contributed by atoms with Crippen LogP contribution >= 0.6 is 0 Å². The van der Waals surface area contributed by atoms with Crippen molar-refractivity contribution in [1.82, 2.24) is 14.8 Å². The first-order chi connectivity index (χ1) is 12.9. The van der Waals surface area contributed by atoms with Crippen LogP contribution in [0.25, 0.3) is 5.69 Å². The molecule has 3 rings (SSSR count). The molecule has 2 aromatic heterocycles. The average Bonchev–Trinajstić information content (AvgIpc) is 3.05. The molecule has 2 heterocycles. The van der Waals surface area contributed by atoms with Crippen molar-refractivity contribution >= 4 is 11.5 Å². The van der Waals surface area contributed by atoms with E-state index in [-0.39, 0.29) is 18.1 Å². The van der Waals surface area contributed by atoms with Crippen molar-refractivity contribution in [2.24, 2.45) is 5.92 Å². The van der Waals surface area contributed by atoms with E-state index in [9.17, 15) is 9.18 Å². The van der Waals surface area contributed by atoms with E-state index in [1.807, 2.05) is 24.1 Å². The highest BCUT2D eigenvalue weighted by Crippen LogP contribution is 2.19. The number of nitrogens with zero attached hydrogens (tertiary/aromatic N) is 4. The third kappa shape index (κ3) is 4.58. The Morgan fingerprint density at radius 1 is 1.22 bits per heavy atom. The van der Waals surface area contributed by atoms with Gasteiger partial charge in [0.25, 0.3) is 0 Å². The maximum atomic E-state index is 13.6. The fourth-order valence-electron chi connectivity index (χ4n) is 2.92. The predicted molar refractivity (Wildman–Crippen MR) is 104 cm³/mol. The minimum atomic E-state index is -0.335. The molecule has 0 unspecified atom stereocenters. The number of pyridine rings is 1. The summed E-state index contributed by atoms with van der Waals surface area (Å²) in [6, 6.07) is 9.91. The van der Waals surface area contributed by atoms with Gasteiger partial charge in [-0.1, -0.05) is 19.9 Å². The van der Waals surface area contributed by atoms with Gasteiger partial charge in [0.05, 0.1) is 23.5 Å². The Morgan fingerprint density at radius 2 is 1.96 bits per heavy atom. The van der Waals surface area contributed by atoms with E-state index in [0.717, 1.165) is 11.4 Å². The molecule has 5 nitrogen and oxygen atoms in total. The maximum Gasteiger partial charge on any atom is 0.185 e. The van der Waals surface area contributed by atoms with Gasteiger partial charge < -0.3 is 4.90 Å². The monoisotopic (exact) mass is 366 g/mol. The van der Waals surface area contributed by atoms with E-state index in [2.05, 4.69) is 23.9 Å². The number of likely N-dealkylation sites (N-methyl/N-ethyl adjacent to an activating group) is 1. The van der Waals surface area contributed by atoms with Crippen molar-refractivity contribution in [2.75, 3.05) is 18.5 Å². The number of carbonyl (C=O) groups excluding carboxylic acids is 1. The van der Waals surface area contributed by atoms with Crippen LogP contribution in [-0.2, 0) is 6.42 Å². The Labute approximate surface area is 158 Å². The lowest BCUT2D eigenvalue weighted by Crippen LogP contribution is -2.26. The van der Waals surface area contributed by atoms with Crippen LogP contribution < -0.4 is 4.90 Å². The molecule has 0 spiro atoms. The number of Topliss-reactive ketones (excluding diaryl/α,β-unsaturated/α-hetero) is 1. The van der Waals surface area contributed by atoms with Gasteiger partial charge in [-0.05, 0) is 42.7 Å². The van der Waals surface area contributed by atoms with Gasteiger partial charge in [-0.3, -0.25) is 9.78 Å². The first-order valence-corrected chi connectivity index (χ1v) is 8.93. The van der Waals surface area contributed by atoms with Gasteiger partial charge in [0.2, 0.25) is 0 Å². The van der Waals surface area contributed by atoms with E-state index in [0.29, 0.717) is 23.6 Å². The Hall–Kier alpha value is -3.02. The molecular formula is C21H23FN4O. The molecule has 0 bridgehead atoms. The second kappa shape index (κ2) is 8.12. The third-order valence-corrected chi connectivity index (χ3v) is 4.25. The molecule has 0 aliphatic carbocycles. The first-order valence-electron chi connectivity index (χ1n) is 8.93. The Bertz CT molecular complexity index is 921. The van der Waals surface area contributed by atoms with E-state index < -0.39 is 0 Å². The highest BCUT2D eigenvalue weighted by Gasteiger charge is 2.19. The molecule has 3 aromatic rings. The number of anilines is 1. The summed E-state index contributed by atoms with van der Waals surface area (Å²) >= 11 is 0. The van der Waals surface area contributed by atoms with Gasteiger partial charge in [-0.2, -0.15) is 5.10 Å². The molecule has 6 heteroatoms. The molecule has 0 saturated carbocycles. The summed E-state index contributed by atoms with van der Waals surface area (Å²) in [5.74, 6) is -0.00309. The minimum Gasteiger partial charge on any atom is -0.367 e. The number of hydrogen-bond acceptors (Lipinski definition) is 4. The van der Waals surface area contributed by atoms with Gasteiger partial charge >= 0.3 is 0 Å². The molecule has 0 aliphatic rings. The van der Waals surface area contributed by atoms with Crippen LogP contribution in [0.15, 0.2) is 55.0 Å². The fourth-order valence-corrected chi connectivity index (χ4v) is 2.92. The van der Waals surface area contributed by atoms with Crippen LogP contribution in [0.4, 0.5) is 10.1 Å². The molecular weight excluding hydrogens is 343 g/mol. The van der Waals surface area contributed by atoms with Crippen molar-refractivity contribution in [3.63, 3.8) is 0 Å². The number of hydrogen-bond donors (Lipinski definition) is 0. The SMILES string of the molecule is CC(C)Cc1nn(-c2cccc(F)c2)cc1C(=O)CN(C)c1ccncc1. The van der Waals surface area contributed by atoms with Crippen LogP contribution in [0, 0.1) is 11.7 Å². The molecule has 0 N–H and O–H groups in total. The largest absolute Gasteiger partial charge is 0.367 e. The van der Waals surface area contributed by atoms with E-state index in [1.165, 1.54) is 12.1 Å². The first kappa shape index (κ1) is 18.8. The maximum absolute atomic E-state index is 13.6. The number of aromatic nitrogens is 3. The molecule has 0 aliphatic heterocycles.